The summed E-state index contributed by atoms with van der Waals surface area (Å²) >= 11 is 0. The normalized spacial score (nSPS) is 17.5. The van der Waals surface area contributed by atoms with E-state index in [9.17, 15) is 4.79 Å². The van der Waals surface area contributed by atoms with Gasteiger partial charge >= 0.3 is 0 Å². The maximum atomic E-state index is 12.1. The maximum Gasteiger partial charge on any atom is 0.265 e. The van der Waals surface area contributed by atoms with Crippen LogP contribution in [0.4, 0.5) is 5.69 Å². The summed E-state index contributed by atoms with van der Waals surface area (Å²) in [7, 11) is 0. The van der Waals surface area contributed by atoms with E-state index in [4.69, 9.17) is 4.74 Å². The average molecular weight is 273 g/mol. The molecule has 0 N–H and O–H groups in total. The molecule has 108 valence electrons. The SMILES string of the molecule is CC(C)c1cc(C(C)C)c2c3c1CCCN3C(=O)CO2. The fourth-order valence-corrected chi connectivity index (χ4v) is 3.36. The Bertz CT molecular complexity index is 534. The van der Waals surface area contributed by atoms with E-state index in [2.05, 4.69) is 33.8 Å². The van der Waals surface area contributed by atoms with E-state index in [0.717, 1.165) is 30.8 Å². The van der Waals surface area contributed by atoms with Gasteiger partial charge in [-0.3, -0.25) is 4.79 Å². The van der Waals surface area contributed by atoms with Crippen LogP contribution in [0.3, 0.4) is 0 Å². The monoisotopic (exact) mass is 273 g/mol. The Morgan fingerprint density at radius 3 is 2.50 bits per heavy atom. The quantitative estimate of drug-likeness (QED) is 0.824. The van der Waals surface area contributed by atoms with Crippen molar-refractivity contribution in [2.24, 2.45) is 0 Å². The number of amides is 1. The van der Waals surface area contributed by atoms with E-state index in [1.807, 2.05) is 4.90 Å². The molecule has 20 heavy (non-hydrogen) atoms. The first-order valence-corrected chi connectivity index (χ1v) is 7.63. The molecule has 1 aromatic carbocycles. The van der Waals surface area contributed by atoms with Gasteiger partial charge in [-0.25, -0.2) is 0 Å². The van der Waals surface area contributed by atoms with Crippen molar-refractivity contribution in [2.75, 3.05) is 18.1 Å². The number of anilines is 1. The Balaban J connectivity index is 2.29. The highest BCUT2D eigenvalue weighted by molar-refractivity contribution is 6.00. The van der Waals surface area contributed by atoms with Crippen LogP contribution >= 0.6 is 0 Å². The van der Waals surface area contributed by atoms with E-state index >= 15 is 0 Å². The van der Waals surface area contributed by atoms with Crippen LogP contribution in [0.1, 0.15) is 62.6 Å². The fourth-order valence-electron chi connectivity index (χ4n) is 3.36. The van der Waals surface area contributed by atoms with Crippen LogP contribution in [-0.4, -0.2) is 19.1 Å². The van der Waals surface area contributed by atoms with Gasteiger partial charge in [0.15, 0.2) is 6.61 Å². The molecule has 3 heteroatoms. The Labute approximate surface area is 120 Å². The molecule has 0 spiro atoms. The highest BCUT2D eigenvalue weighted by Crippen LogP contribution is 2.47. The second-order valence-electron chi connectivity index (χ2n) is 6.46. The van der Waals surface area contributed by atoms with Crippen molar-refractivity contribution in [1.82, 2.24) is 0 Å². The molecule has 0 bridgehead atoms. The molecule has 3 nitrogen and oxygen atoms in total. The first-order chi connectivity index (χ1) is 9.50. The van der Waals surface area contributed by atoms with Crippen molar-refractivity contribution >= 4 is 11.6 Å². The van der Waals surface area contributed by atoms with E-state index in [-0.39, 0.29) is 12.5 Å². The summed E-state index contributed by atoms with van der Waals surface area (Å²) in [6, 6.07) is 2.31. The van der Waals surface area contributed by atoms with Gasteiger partial charge < -0.3 is 9.64 Å². The third-order valence-electron chi connectivity index (χ3n) is 4.39. The molecule has 0 aromatic heterocycles. The molecule has 0 saturated heterocycles. The highest BCUT2D eigenvalue weighted by Gasteiger charge is 2.34. The summed E-state index contributed by atoms with van der Waals surface area (Å²) in [5.41, 5.74) is 5.03. The number of carbonyl (C=O) groups is 1. The molecule has 2 heterocycles. The summed E-state index contributed by atoms with van der Waals surface area (Å²) in [4.78, 5) is 14.1. The molecule has 1 aromatic rings. The van der Waals surface area contributed by atoms with Crippen LogP contribution in [0.15, 0.2) is 6.07 Å². The number of hydrogen-bond donors (Lipinski definition) is 0. The number of benzene rings is 1. The molecule has 3 rings (SSSR count). The van der Waals surface area contributed by atoms with Crippen LogP contribution in [0, 0.1) is 0 Å². The van der Waals surface area contributed by atoms with Gasteiger partial charge in [0, 0.05) is 6.54 Å². The van der Waals surface area contributed by atoms with Crippen molar-refractivity contribution in [3.05, 3.63) is 22.8 Å². The van der Waals surface area contributed by atoms with Crippen LogP contribution in [0.5, 0.6) is 5.75 Å². The van der Waals surface area contributed by atoms with Crippen molar-refractivity contribution in [2.45, 2.75) is 52.4 Å². The standard InChI is InChI=1S/C17H23NO2/c1-10(2)13-8-14(11(3)4)17-16-12(13)6-5-7-18(16)15(19)9-20-17/h8,10-11H,5-7,9H2,1-4H3. The minimum Gasteiger partial charge on any atom is -0.481 e. The lowest BCUT2D eigenvalue weighted by molar-refractivity contribution is -0.121. The molecule has 0 unspecified atom stereocenters. The van der Waals surface area contributed by atoms with Crippen LogP contribution in [0.2, 0.25) is 0 Å². The van der Waals surface area contributed by atoms with Gasteiger partial charge in [0.2, 0.25) is 0 Å². The largest absolute Gasteiger partial charge is 0.481 e. The topological polar surface area (TPSA) is 29.5 Å². The maximum absolute atomic E-state index is 12.1. The minimum atomic E-state index is 0.106. The average Bonchev–Trinajstić information content (AvgIpc) is 2.41. The van der Waals surface area contributed by atoms with Gasteiger partial charge in [0.05, 0.1) is 5.69 Å². The Hall–Kier alpha value is -1.51. The minimum absolute atomic E-state index is 0.106. The van der Waals surface area contributed by atoms with Gasteiger partial charge in [-0.2, -0.15) is 0 Å². The number of rotatable bonds is 2. The first kappa shape index (κ1) is 13.5. The second-order valence-corrected chi connectivity index (χ2v) is 6.46. The molecule has 2 aliphatic heterocycles. The van der Waals surface area contributed by atoms with Crippen LogP contribution < -0.4 is 9.64 Å². The number of nitrogens with zero attached hydrogens (tertiary/aromatic N) is 1. The number of carbonyl (C=O) groups excluding carboxylic acids is 1. The molecule has 0 saturated carbocycles. The van der Waals surface area contributed by atoms with E-state index in [1.165, 1.54) is 16.7 Å². The smallest absolute Gasteiger partial charge is 0.265 e. The summed E-state index contributed by atoms with van der Waals surface area (Å²) in [6.07, 6.45) is 2.11. The lowest BCUT2D eigenvalue weighted by Gasteiger charge is -2.38. The van der Waals surface area contributed by atoms with Gasteiger partial charge in [0.25, 0.3) is 5.91 Å². The molecule has 0 aliphatic carbocycles. The summed E-state index contributed by atoms with van der Waals surface area (Å²) in [5.74, 6) is 1.95. The van der Waals surface area contributed by atoms with E-state index in [0.29, 0.717) is 11.8 Å². The summed E-state index contributed by atoms with van der Waals surface area (Å²) in [6.45, 7) is 9.86. The van der Waals surface area contributed by atoms with Crippen molar-refractivity contribution in [3.8, 4) is 5.75 Å². The second kappa shape index (κ2) is 4.80. The van der Waals surface area contributed by atoms with Crippen LogP contribution in [-0.2, 0) is 11.2 Å². The zero-order valence-electron chi connectivity index (χ0n) is 12.8. The third kappa shape index (κ3) is 1.91. The summed E-state index contributed by atoms with van der Waals surface area (Å²) < 4.78 is 5.82. The fraction of sp³-hybridized carbons (Fsp3) is 0.588. The highest BCUT2D eigenvalue weighted by atomic mass is 16.5. The Morgan fingerprint density at radius 2 is 1.85 bits per heavy atom. The number of hydrogen-bond acceptors (Lipinski definition) is 2. The zero-order valence-corrected chi connectivity index (χ0v) is 12.8. The van der Waals surface area contributed by atoms with Crippen molar-refractivity contribution in [3.63, 3.8) is 0 Å². The Morgan fingerprint density at radius 1 is 1.15 bits per heavy atom. The van der Waals surface area contributed by atoms with E-state index < -0.39 is 0 Å². The van der Waals surface area contributed by atoms with Gasteiger partial charge in [-0.1, -0.05) is 33.8 Å². The molecule has 0 radical (unpaired) electrons. The predicted octanol–water partition coefficient (Wildman–Crippen LogP) is 3.61. The zero-order chi connectivity index (χ0) is 14.4. The summed E-state index contributed by atoms with van der Waals surface area (Å²) in [5, 5.41) is 0. The lowest BCUT2D eigenvalue weighted by atomic mass is 9.85. The molecule has 0 fully saturated rings. The first-order valence-electron chi connectivity index (χ1n) is 7.63. The molecule has 2 aliphatic rings. The third-order valence-corrected chi connectivity index (χ3v) is 4.39. The van der Waals surface area contributed by atoms with Crippen LogP contribution in [0.25, 0.3) is 0 Å². The van der Waals surface area contributed by atoms with Gasteiger partial charge in [-0.05, 0) is 41.4 Å². The predicted molar refractivity (Wildman–Crippen MR) is 80.8 cm³/mol. The van der Waals surface area contributed by atoms with Gasteiger partial charge in [-0.15, -0.1) is 0 Å². The van der Waals surface area contributed by atoms with E-state index in [1.54, 1.807) is 0 Å². The van der Waals surface area contributed by atoms with Crippen molar-refractivity contribution < 1.29 is 9.53 Å². The van der Waals surface area contributed by atoms with Crippen molar-refractivity contribution in [1.29, 1.82) is 0 Å². The lowest BCUT2D eigenvalue weighted by Crippen LogP contribution is -2.42. The molecule has 1 amide bonds. The molecule has 0 atom stereocenters. The molecular formula is C17H23NO2. The van der Waals surface area contributed by atoms with Gasteiger partial charge in [0.1, 0.15) is 5.75 Å². The Kier molecular flexibility index (Phi) is 3.23. The number of ether oxygens (including phenoxy) is 1. The molecular weight excluding hydrogens is 250 g/mol.